The van der Waals surface area contributed by atoms with Gasteiger partial charge in [-0.05, 0) is 34.7 Å². The van der Waals surface area contributed by atoms with Crippen molar-refractivity contribution in [2.75, 3.05) is 0 Å². The summed E-state index contributed by atoms with van der Waals surface area (Å²) < 4.78 is 86.8. The van der Waals surface area contributed by atoms with Crippen LogP contribution in [0.3, 0.4) is 0 Å². The van der Waals surface area contributed by atoms with Crippen LogP contribution >= 0.6 is 22.7 Å². The van der Waals surface area contributed by atoms with Crippen LogP contribution in [0.4, 0.5) is 26.3 Å². The fourth-order valence-corrected chi connectivity index (χ4v) is 4.67. The molecule has 0 aliphatic heterocycles. The molecule has 0 radical (unpaired) electrons. The standard InChI is InChI=1S/C19H8F6S2/c1-5-11-7-13(9(3)26-11)15-16(14-8-12(6-2)27-10(14)4)18(22,23)19(24,25)17(15,20)21/h7-8H,3-4H3/q-2. The molecule has 0 amide bonds. The molecule has 27 heavy (non-hydrogen) atoms. The van der Waals surface area contributed by atoms with Crippen molar-refractivity contribution < 1.29 is 26.3 Å². The minimum atomic E-state index is -5.63. The zero-order valence-electron chi connectivity index (χ0n) is 13.7. The second-order valence-corrected chi connectivity index (χ2v) is 8.40. The Morgan fingerprint density at radius 2 is 1.07 bits per heavy atom. The number of allylic oxidation sites excluding steroid dienone is 2. The molecule has 2 heterocycles. The van der Waals surface area contributed by atoms with Gasteiger partial charge in [0, 0.05) is 11.1 Å². The summed E-state index contributed by atoms with van der Waals surface area (Å²) in [6.45, 7) is 2.65. The third-order valence-electron chi connectivity index (χ3n) is 4.29. The Kier molecular flexibility index (Phi) is 4.30. The average molecular weight is 414 g/mol. The molecule has 2 aromatic rings. The predicted octanol–water partition coefficient (Wildman–Crippen LogP) is 6.13. The van der Waals surface area contributed by atoms with Crippen LogP contribution in [0.15, 0.2) is 12.1 Å². The van der Waals surface area contributed by atoms with Gasteiger partial charge in [-0.3, -0.25) is 11.8 Å². The van der Waals surface area contributed by atoms with Gasteiger partial charge in [0.25, 0.3) is 0 Å². The van der Waals surface area contributed by atoms with Gasteiger partial charge in [-0.25, -0.2) is 22.7 Å². The highest BCUT2D eigenvalue weighted by molar-refractivity contribution is 7.13. The van der Waals surface area contributed by atoms with Crippen LogP contribution < -0.4 is 0 Å². The molecule has 140 valence electrons. The zero-order chi connectivity index (χ0) is 20.4. The summed E-state index contributed by atoms with van der Waals surface area (Å²) in [6, 6.07) is 1.97. The molecule has 0 saturated carbocycles. The van der Waals surface area contributed by atoms with Crippen molar-refractivity contribution in [1.29, 1.82) is 0 Å². The van der Waals surface area contributed by atoms with Crippen LogP contribution in [0.5, 0.6) is 0 Å². The van der Waals surface area contributed by atoms with Gasteiger partial charge >= 0.3 is 17.8 Å². The first kappa shape index (κ1) is 19.6. The minimum Gasteiger partial charge on any atom is -0.365 e. The number of rotatable bonds is 2. The van der Waals surface area contributed by atoms with Crippen molar-refractivity contribution in [3.05, 3.63) is 55.6 Å². The number of halogens is 6. The number of thiophene rings is 2. The molecular weight excluding hydrogens is 406 g/mol. The van der Waals surface area contributed by atoms with Crippen LogP contribution in [-0.4, -0.2) is 17.8 Å². The number of alkyl halides is 6. The molecular formula is C19H8F6S2-2. The first-order chi connectivity index (χ1) is 12.4. The molecule has 1 aliphatic rings. The molecule has 0 fully saturated rings. The van der Waals surface area contributed by atoms with E-state index in [0.29, 0.717) is 0 Å². The second kappa shape index (κ2) is 5.92. The Morgan fingerprint density at radius 1 is 0.741 bits per heavy atom. The highest BCUT2D eigenvalue weighted by atomic mass is 32.1. The maximum Gasteiger partial charge on any atom is 0.380 e. The lowest BCUT2D eigenvalue weighted by molar-refractivity contribution is -0.254. The summed E-state index contributed by atoms with van der Waals surface area (Å²) in [7, 11) is 0. The molecule has 0 saturated heterocycles. The summed E-state index contributed by atoms with van der Waals surface area (Å²) in [5.41, 5.74) is -3.83. The molecule has 0 spiro atoms. The third kappa shape index (κ3) is 2.47. The van der Waals surface area contributed by atoms with Gasteiger partial charge in [0.1, 0.15) is 0 Å². The van der Waals surface area contributed by atoms with Crippen molar-refractivity contribution in [1.82, 2.24) is 0 Å². The minimum absolute atomic E-state index is 0.0548. The van der Waals surface area contributed by atoms with E-state index in [4.69, 9.17) is 12.8 Å². The molecule has 0 bridgehead atoms. The second-order valence-electron chi connectivity index (χ2n) is 5.88. The van der Waals surface area contributed by atoms with Crippen LogP contribution in [-0.2, 0) is 0 Å². The SMILES string of the molecule is [C-]#Cc1cc(C2=C(c3cc(C#[C-])sc3C)C(F)(F)C(F)(F)C2(F)F)c(C)s1. The van der Waals surface area contributed by atoms with Gasteiger partial charge in [0.2, 0.25) is 0 Å². The van der Waals surface area contributed by atoms with Crippen LogP contribution in [0.1, 0.15) is 30.6 Å². The maximum atomic E-state index is 14.6. The predicted molar refractivity (Wildman–Crippen MR) is 92.2 cm³/mol. The Labute approximate surface area is 159 Å². The summed E-state index contributed by atoms with van der Waals surface area (Å²) in [4.78, 5) is 0.299. The smallest absolute Gasteiger partial charge is 0.365 e. The lowest BCUT2D eigenvalue weighted by Crippen LogP contribution is -2.48. The molecule has 0 atom stereocenters. The van der Waals surface area contributed by atoms with E-state index in [9.17, 15) is 26.3 Å². The first-order valence-electron chi connectivity index (χ1n) is 7.36. The van der Waals surface area contributed by atoms with Crippen molar-refractivity contribution in [3.8, 4) is 11.8 Å². The van der Waals surface area contributed by atoms with Gasteiger partial charge in [-0.1, -0.05) is 9.75 Å². The van der Waals surface area contributed by atoms with Gasteiger partial charge in [-0.2, -0.15) is 26.3 Å². The van der Waals surface area contributed by atoms with Crippen LogP contribution in [0.25, 0.3) is 11.1 Å². The topological polar surface area (TPSA) is 0 Å². The Bertz CT molecular complexity index is 971. The van der Waals surface area contributed by atoms with E-state index in [1.54, 1.807) is 0 Å². The van der Waals surface area contributed by atoms with E-state index in [1.807, 2.05) is 11.8 Å². The normalized spacial score (nSPS) is 19.8. The number of hydrogen-bond donors (Lipinski definition) is 0. The molecule has 0 unspecified atom stereocenters. The molecule has 8 heteroatoms. The van der Waals surface area contributed by atoms with Gasteiger partial charge in [0.15, 0.2) is 0 Å². The van der Waals surface area contributed by atoms with E-state index in [0.717, 1.165) is 34.8 Å². The third-order valence-corrected chi connectivity index (χ3v) is 6.22. The quantitative estimate of drug-likeness (QED) is 0.315. The van der Waals surface area contributed by atoms with Crippen molar-refractivity contribution >= 4 is 33.8 Å². The van der Waals surface area contributed by atoms with E-state index < -0.39 is 40.0 Å². The monoisotopic (exact) mass is 414 g/mol. The summed E-state index contributed by atoms with van der Waals surface area (Å²) >= 11 is 1.64. The molecule has 0 nitrogen and oxygen atoms in total. The lowest BCUT2D eigenvalue weighted by atomic mass is 9.95. The summed E-state index contributed by atoms with van der Waals surface area (Å²) in [6.07, 6.45) is 14.2. The van der Waals surface area contributed by atoms with Gasteiger partial charge in [-0.15, -0.1) is 12.1 Å². The first-order valence-corrected chi connectivity index (χ1v) is 8.99. The summed E-state index contributed by atoms with van der Waals surface area (Å²) in [5.74, 6) is -12.0. The van der Waals surface area contributed by atoms with Crippen molar-refractivity contribution in [3.63, 3.8) is 0 Å². The largest absolute Gasteiger partial charge is 0.380 e. The van der Waals surface area contributed by atoms with Gasteiger partial charge < -0.3 is 12.8 Å². The van der Waals surface area contributed by atoms with Crippen molar-refractivity contribution in [2.45, 2.75) is 31.6 Å². The van der Waals surface area contributed by atoms with Gasteiger partial charge in [0.05, 0.1) is 0 Å². The maximum absolute atomic E-state index is 14.6. The molecule has 1 aliphatic carbocycles. The zero-order valence-corrected chi connectivity index (χ0v) is 15.4. The molecule has 3 rings (SSSR count). The fraction of sp³-hybridized carbons (Fsp3) is 0.263. The molecule has 2 aromatic heterocycles. The highest BCUT2D eigenvalue weighted by Gasteiger charge is 2.80. The molecule has 0 N–H and O–H groups in total. The number of aryl methyl sites for hydroxylation is 2. The Hall–Kier alpha value is -2.16. The summed E-state index contributed by atoms with van der Waals surface area (Å²) in [5, 5.41) is 0. The van der Waals surface area contributed by atoms with Crippen LogP contribution in [0, 0.1) is 38.5 Å². The molecule has 0 aromatic carbocycles. The average Bonchev–Trinajstić information content (AvgIpc) is 3.16. The van der Waals surface area contributed by atoms with E-state index in [2.05, 4.69) is 0 Å². The van der Waals surface area contributed by atoms with Crippen molar-refractivity contribution in [2.24, 2.45) is 0 Å². The Balaban J connectivity index is 2.47. The van der Waals surface area contributed by atoms with E-state index >= 15 is 0 Å². The number of hydrogen-bond acceptors (Lipinski definition) is 2. The lowest BCUT2D eigenvalue weighted by Gasteiger charge is -2.26. The Morgan fingerprint density at radius 3 is 1.33 bits per heavy atom. The highest BCUT2D eigenvalue weighted by Crippen LogP contribution is 2.65. The van der Waals surface area contributed by atoms with E-state index in [-0.39, 0.29) is 19.5 Å². The van der Waals surface area contributed by atoms with E-state index in [1.165, 1.54) is 13.8 Å². The van der Waals surface area contributed by atoms with Crippen LogP contribution in [0.2, 0.25) is 0 Å². The fourth-order valence-electron chi connectivity index (χ4n) is 3.02.